The standard InChI is InChI=1S/C31H25NO4/c1-17-3-7-19(8-4-17)26(20-9-5-18(2)6-10-20)27-22-12-13-23(27)29-28(22)30(33)32(31(29)34)21-11-14-24-25(15-21)36-16-35-24/h3-15,22-23,28-29H,16H2,1-2H3/t22-,23+,28-,29-/m1/s1. The van der Waals surface area contributed by atoms with Crippen molar-refractivity contribution in [1.29, 1.82) is 0 Å². The molecule has 0 N–H and O–H groups in total. The van der Waals surface area contributed by atoms with E-state index in [1.54, 1.807) is 18.2 Å². The van der Waals surface area contributed by atoms with Gasteiger partial charge in [-0.15, -0.1) is 0 Å². The fourth-order valence-electron chi connectivity index (χ4n) is 6.32. The highest BCUT2D eigenvalue weighted by Gasteiger charge is 2.62. The molecule has 3 aromatic rings. The molecule has 4 atom stereocenters. The average Bonchev–Trinajstić information content (AvgIpc) is 3.64. The van der Waals surface area contributed by atoms with E-state index in [1.807, 2.05) is 0 Å². The average molecular weight is 476 g/mol. The zero-order valence-corrected chi connectivity index (χ0v) is 20.1. The highest BCUT2D eigenvalue weighted by molar-refractivity contribution is 6.23. The van der Waals surface area contributed by atoms with Crippen molar-refractivity contribution in [3.63, 3.8) is 0 Å². The van der Waals surface area contributed by atoms with Crippen molar-refractivity contribution in [2.45, 2.75) is 13.8 Å². The van der Waals surface area contributed by atoms with Gasteiger partial charge in [0, 0.05) is 17.9 Å². The predicted octanol–water partition coefficient (Wildman–Crippen LogP) is 5.46. The number of nitrogens with zero attached hydrogens (tertiary/aromatic N) is 1. The Morgan fingerprint density at radius 1 is 0.722 bits per heavy atom. The Morgan fingerprint density at radius 3 is 1.81 bits per heavy atom. The maximum absolute atomic E-state index is 13.8. The van der Waals surface area contributed by atoms with Crippen molar-refractivity contribution in [3.05, 3.63) is 107 Å². The highest BCUT2D eigenvalue weighted by atomic mass is 16.7. The molecule has 2 amide bonds. The first-order chi connectivity index (χ1) is 17.5. The molecule has 7 rings (SSSR count). The van der Waals surface area contributed by atoms with Crippen LogP contribution < -0.4 is 14.4 Å². The van der Waals surface area contributed by atoms with Crippen molar-refractivity contribution in [2.75, 3.05) is 11.7 Å². The molecule has 2 heterocycles. The van der Waals surface area contributed by atoms with E-state index in [0.717, 1.165) is 16.7 Å². The summed E-state index contributed by atoms with van der Waals surface area (Å²) in [5.41, 5.74) is 7.49. The highest BCUT2D eigenvalue weighted by Crippen LogP contribution is 2.59. The van der Waals surface area contributed by atoms with Gasteiger partial charge in [-0.3, -0.25) is 9.59 Å². The van der Waals surface area contributed by atoms with Gasteiger partial charge in [-0.2, -0.15) is 0 Å². The van der Waals surface area contributed by atoms with Crippen molar-refractivity contribution in [2.24, 2.45) is 23.7 Å². The molecular formula is C31H25NO4. The number of carbonyl (C=O) groups excluding carboxylic acids is 2. The van der Waals surface area contributed by atoms with Gasteiger partial charge in [-0.05, 0) is 48.3 Å². The van der Waals surface area contributed by atoms with Crippen LogP contribution in [0.25, 0.3) is 5.57 Å². The van der Waals surface area contributed by atoms with E-state index in [2.05, 4.69) is 74.5 Å². The second kappa shape index (κ2) is 7.69. The molecule has 2 bridgehead atoms. The van der Waals surface area contributed by atoms with Crippen LogP contribution in [0, 0.1) is 37.5 Å². The fraction of sp³-hybridized carbons (Fsp3) is 0.226. The number of ether oxygens (including phenoxy) is 2. The summed E-state index contributed by atoms with van der Waals surface area (Å²) < 4.78 is 10.9. The van der Waals surface area contributed by atoms with Crippen molar-refractivity contribution >= 4 is 23.1 Å². The first-order valence-corrected chi connectivity index (χ1v) is 12.4. The van der Waals surface area contributed by atoms with Crippen LogP contribution in [0.4, 0.5) is 5.69 Å². The molecule has 0 unspecified atom stereocenters. The largest absolute Gasteiger partial charge is 0.454 e. The van der Waals surface area contributed by atoms with Gasteiger partial charge in [0.25, 0.3) is 0 Å². The van der Waals surface area contributed by atoms with Crippen LogP contribution in [0.2, 0.25) is 0 Å². The minimum Gasteiger partial charge on any atom is -0.454 e. The van der Waals surface area contributed by atoms with Crippen LogP contribution in [0.15, 0.2) is 84.5 Å². The van der Waals surface area contributed by atoms with Gasteiger partial charge in [-0.1, -0.05) is 71.8 Å². The maximum atomic E-state index is 13.8. The minimum absolute atomic E-state index is 0.104. The first-order valence-electron chi connectivity index (χ1n) is 12.4. The zero-order valence-electron chi connectivity index (χ0n) is 20.1. The summed E-state index contributed by atoms with van der Waals surface area (Å²) in [4.78, 5) is 28.9. The third-order valence-corrected chi connectivity index (χ3v) is 8.00. The molecule has 3 aromatic carbocycles. The van der Waals surface area contributed by atoms with E-state index in [1.165, 1.54) is 21.6 Å². The molecule has 2 fully saturated rings. The summed E-state index contributed by atoms with van der Waals surface area (Å²) in [6.45, 7) is 4.31. The Labute approximate surface area is 209 Å². The third kappa shape index (κ3) is 2.95. The molecule has 178 valence electrons. The molecule has 2 aliphatic heterocycles. The number of anilines is 1. The van der Waals surface area contributed by atoms with Crippen LogP contribution in [0.1, 0.15) is 22.3 Å². The number of aryl methyl sites for hydroxylation is 2. The first kappa shape index (κ1) is 21.2. The number of carbonyl (C=O) groups is 2. The van der Waals surface area contributed by atoms with Gasteiger partial charge >= 0.3 is 0 Å². The monoisotopic (exact) mass is 475 g/mol. The Morgan fingerprint density at radius 2 is 1.25 bits per heavy atom. The van der Waals surface area contributed by atoms with E-state index < -0.39 is 0 Å². The third-order valence-electron chi connectivity index (χ3n) is 8.00. The number of imide groups is 1. The molecule has 36 heavy (non-hydrogen) atoms. The van der Waals surface area contributed by atoms with Gasteiger partial charge in [0.15, 0.2) is 11.5 Å². The number of rotatable bonds is 3. The predicted molar refractivity (Wildman–Crippen MR) is 137 cm³/mol. The van der Waals surface area contributed by atoms with Crippen LogP contribution >= 0.6 is 0 Å². The molecular weight excluding hydrogens is 450 g/mol. The Balaban J connectivity index is 1.34. The van der Waals surface area contributed by atoms with Gasteiger partial charge in [-0.25, -0.2) is 4.90 Å². The van der Waals surface area contributed by atoms with Gasteiger partial charge < -0.3 is 9.47 Å². The quantitative estimate of drug-likeness (QED) is 0.373. The SMILES string of the molecule is Cc1ccc(C(=C2[C@H]3C=C[C@@H]2[C@H]2C(=O)N(c4ccc5c(c4)OCO5)C(=O)[C@@H]23)c2ccc(C)cc2)cc1. The fourth-order valence-corrected chi connectivity index (χ4v) is 6.32. The van der Waals surface area contributed by atoms with Crippen LogP contribution in [0.3, 0.4) is 0 Å². The van der Waals surface area contributed by atoms with E-state index in [9.17, 15) is 9.59 Å². The molecule has 1 saturated carbocycles. The summed E-state index contributed by atoms with van der Waals surface area (Å²) >= 11 is 0. The van der Waals surface area contributed by atoms with Gasteiger partial charge in [0.05, 0.1) is 17.5 Å². The molecule has 2 aliphatic carbocycles. The molecule has 5 nitrogen and oxygen atoms in total. The molecule has 0 radical (unpaired) electrons. The Bertz CT molecular complexity index is 1400. The van der Waals surface area contributed by atoms with Crippen molar-refractivity contribution in [3.8, 4) is 11.5 Å². The lowest BCUT2D eigenvalue weighted by atomic mass is 9.85. The van der Waals surface area contributed by atoms with E-state index in [0.29, 0.717) is 17.2 Å². The van der Waals surface area contributed by atoms with Gasteiger partial charge in [0.1, 0.15) is 0 Å². The summed E-state index contributed by atoms with van der Waals surface area (Å²) in [5.74, 6) is -0.0618. The number of allylic oxidation sites excluding steroid dienone is 3. The van der Waals surface area contributed by atoms with Crippen molar-refractivity contribution < 1.29 is 19.1 Å². The molecule has 0 aromatic heterocycles. The lowest BCUT2D eigenvalue weighted by molar-refractivity contribution is -0.122. The molecule has 5 heteroatoms. The van der Waals surface area contributed by atoms with Crippen LogP contribution in [0.5, 0.6) is 11.5 Å². The number of hydrogen-bond acceptors (Lipinski definition) is 4. The molecule has 4 aliphatic rings. The zero-order chi connectivity index (χ0) is 24.6. The Hall–Kier alpha value is -4.12. The molecule has 1 saturated heterocycles. The number of fused-ring (bicyclic) bond motifs is 6. The maximum Gasteiger partial charge on any atom is 0.238 e. The van der Waals surface area contributed by atoms with Crippen LogP contribution in [-0.2, 0) is 9.59 Å². The number of amides is 2. The number of benzene rings is 3. The minimum atomic E-state index is -0.390. The van der Waals surface area contributed by atoms with Gasteiger partial charge in [0.2, 0.25) is 18.6 Å². The van der Waals surface area contributed by atoms with Crippen molar-refractivity contribution in [1.82, 2.24) is 0 Å². The second-order valence-corrected chi connectivity index (χ2v) is 10.1. The number of hydrogen-bond donors (Lipinski definition) is 0. The Kier molecular flexibility index (Phi) is 4.53. The smallest absolute Gasteiger partial charge is 0.238 e. The van der Waals surface area contributed by atoms with E-state index in [-0.39, 0.29) is 42.3 Å². The van der Waals surface area contributed by atoms with E-state index >= 15 is 0 Å². The lowest BCUT2D eigenvalue weighted by Gasteiger charge is -2.22. The van der Waals surface area contributed by atoms with Crippen LogP contribution in [-0.4, -0.2) is 18.6 Å². The second-order valence-electron chi connectivity index (χ2n) is 10.1. The normalized spacial score (nSPS) is 25.2. The topological polar surface area (TPSA) is 55.8 Å². The van der Waals surface area contributed by atoms with E-state index in [4.69, 9.17) is 9.47 Å². The molecule has 0 spiro atoms. The lowest BCUT2D eigenvalue weighted by Crippen LogP contribution is -2.33. The summed E-state index contributed by atoms with van der Waals surface area (Å²) in [6.07, 6.45) is 4.27. The summed E-state index contributed by atoms with van der Waals surface area (Å²) in [7, 11) is 0. The summed E-state index contributed by atoms with van der Waals surface area (Å²) in [5, 5.41) is 0. The summed E-state index contributed by atoms with van der Waals surface area (Å²) in [6, 6.07) is 22.3.